The molecule has 14 heavy (non-hydrogen) atoms. The predicted octanol–water partition coefficient (Wildman–Crippen LogP) is 3.13. The highest BCUT2D eigenvalue weighted by molar-refractivity contribution is 5.70. The fourth-order valence-corrected chi connectivity index (χ4v) is 0.495. The van der Waals surface area contributed by atoms with Gasteiger partial charge in [0.15, 0.2) is 0 Å². The van der Waals surface area contributed by atoms with Crippen LogP contribution in [0.5, 0.6) is 0 Å². The number of esters is 1. The maximum atomic E-state index is 10.8. The van der Waals surface area contributed by atoms with Gasteiger partial charge in [-0.3, -0.25) is 0 Å². The first-order chi connectivity index (χ1) is 5.07. The van der Waals surface area contributed by atoms with E-state index in [1.54, 1.807) is 0 Å². The van der Waals surface area contributed by atoms with Crippen LogP contribution in [0.3, 0.4) is 0 Å². The Hall–Kier alpha value is -0.570. The van der Waals surface area contributed by atoms with Crippen LogP contribution in [0.25, 0.3) is 0 Å². The molecule has 0 saturated carbocycles. The van der Waals surface area contributed by atoms with Crippen molar-refractivity contribution in [3.05, 3.63) is 0 Å². The summed E-state index contributed by atoms with van der Waals surface area (Å²) in [5.41, 5.74) is 0. The van der Waals surface area contributed by atoms with Crippen LogP contribution in [0, 0.1) is 5.92 Å². The third-order valence-corrected chi connectivity index (χ3v) is 1.52. The van der Waals surface area contributed by atoms with Gasteiger partial charge in [-0.15, -0.1) is 0 Å². The SMILES string of the molecule is C.C.C.COCC(=O)OC(C)C(C)C. The van der Waals surface area contributed by atoms with E-state index < -0.39 is 0 Å². The van der Waals surface area contributed by atoms with Crippen molar-refractivity contribution >= 4 is 5.97 Å². The first-order valence-corrected chi connectivity index (χ1v) is 3.76. The summed E-state index contributed by atoms with van der Waals surface area (Å²) in [5.74, 6) is 0.0597. The van der Waals surface area contributed by atoms with Crippen molar-refractivity contribution in [1.29, 1.82) is 0 Å². The second kappa shape index (κ2) is 12.4. The van der Waals surface area contributed by atoms with Crippen molar-refractivity contribution in [2.45, 2.75) is 49.2 Å². The summed E-state index contributed by atoms with van der Waals surface area (Å²) in [4.78, 5) is 10.8. The molecule has 0 aromatic carbocycles. The molecule has 0 saturated heterocycles. The molecule has 90 valence electrons. The van der Waals surface area contributed by atoms with Gasteiger partial charge >= 0.3 is 5.97 Å². The van der Waals surface area contributed by atoms with Gasteiger partial charge in [-0.25, -0.2) is 4.79 Å². The lowest BCUT2D eigenvalue weighted by molar-refractivity contribution is -0.154. The van der Waals surface area contributed by atoms with Crippen LogP contribution in [0.4, 0.5) is 0 Å². The molecule has 0 bridgehead atoms. The molecule has 0 radical (unpaired) electrons. The third-order valence-electron chi connectivity index (χ3n) is 1.52. The molecule has 0 aromatic heterocycles. The van der Waals surface area contributed by atoms with Crippen molar-refractivity contribution in [3.8, 4) is 0 Å². The highest BCUT2D eigenvalue weighted by Gasteiger charge is 2.11. The zero-order valence-electron chi connectivity index (χ0n) is 7.59. The second-order valence-electron chi connectivity index (χ2n) is 2.87. The van der Waals surface area contributed by atoms with E-state index in [9.17, 15) is 4.79 Å². The fraction of sp³-hybridized carbons (Fsp3) is 0.909. The van der Waals surface area contributed by atoms with Crippen molar-refractivity contribution < 1.29 is 14.3 Å². The first-order valence-electron chi connectivity index (χ1n) is 3.76. The monoisotopic (exact) mass is 208 g/mol. The molecule has 0 fully saturated rings. The van der Waals surface area contributed by atoms with E-state index in [1.165, 1.54) is 7.11 Å². The van der Waals surface area contributed by atoms with Crippen molar-refractivity contribution in [2.24, 2.45) is 5.92 Å². The first kappa shape index (κ1) is 23.3. The quantitative estimate of drug-likeness (QED) is 0.666. The summed E-state index contributed by atoms with van der Waals surface area (Å²) >= 11 is 0. The third kappa shape index (κ3) is 11.4. The van der Waals surface area contributed by atoms with Crippen LogP contribution < -0.4 is 0 Å². The van der Waals surface area contributed by atoms with Crippen LogP contribution in [0.2, 0.25) is 0 Å². The average molecular weight is 208 g/mol. The maximum absolute atomic E-state index is 10.8. The Morgan fingerprint density at radius 1 is 1.14 bits per heavy atom. The number of ether oxygens (including phenoxy) is 2. The maximum Gasteiger partial charge on any atom is 0.332 e. The molecule has 0 N–H and O–H groups in total. The molecule has 1 atom stereocenters. The van der Waals surface area contributed by atoms with Crippen molar-refractivity contribution in [3.63, 3.8) is 0 Å². The van der Waals surface area contributed by atoms with Gasteiger partial charge in [-0.05, 0) is 12.8 Å². The Morgan fingerprint density at radius 2 is 1.57 bits per heavy atom. The van der Waals surface area contributed by atoms with E-state index in [4.69, 9.17) is 4.74 Å². The van der Waals surface area contributed by atoms with Crippen LogP contribution in [0.1, 0.15) is 43.1 Å². The summed E-state index contributed by atoms with van der Waals surface area (Å²) < 4.78 is 9.60. The molecule has 0 aliphatic rings. The summed E-state index contributed by atoms with van der Waals surface area (Å²) in [6.45, 7) is 5.92. The molecular formula is C11H28O3. The lowest BCUT2D eigenvalue weighted by Gasteiger charge is -2.15. The topological polar surface area (TPSA) is 35.5 Å². The molecule has 0 aliphatic heterocycles. The molecule has 0 spiro atoms. The fourth-order valence-electron chi connectivity index (χ4n) is 0.495. The van der Waals surface area contributed by atoms with Gasteiger partial charge in [-0.1, -0.05) is 36.1 Å². The van der Waals surface area contributed by atoms with Gasteiger partial charge in [0.05, 0.1) is 0 Å². The van der Waals surface area contributed by atoms with Crippen LogP contribution >= 0.6 is 0 Å². The minimum absolute atomic E-state index is 0. The van der Waals surface area contributed by atoms with E-state index in [-0.39, 0.29) is 41.0 Å². The largest absolute Gasteiger partial charge is 0.461 e. The summed E-state index contributed by atoms with van der Waals surface area (Å²) in [5, 5.41) is 0. The van der Waals surface area contributed by atoms with E-state index >= 15 is 0 Å². The minimum Gasteiger partial charge on any atom is -0.461 e. The standard InChI is InChI=1S/C8H16O3.3CH4/c1-6(2)7(3)11-8(9)5-10-4;;;/h6-7H,5H2,1-4H3;3*1H4. The van der Waals surface area contributed by atoms with E-state index in [0.717, 1.165) is 0 Å². The second-order valence-corrected chi connectivity index (χ2v) is 2.87. The molecule has 0 aromatic rings. The van der Waals surface area contributed by atoms with Gasteiger partial charge in [-0.2, -0.15) is 0 Å². The number of rotatable bonds is 4. The lowest BCUT2D eigenvalue weighted by atomic mass is 10.1. The molecule has 3 heteroatoms. The average Bonchev–Trinajstić information content (AvgIpc) is 1.87. The number of methoxy groups -OCH3 is 1. The summed E-state index contributed by atoms with van der Waals surface area (Å²) in [7, 11) is 1.47. The van der Waals surface area contributed by atoms with Gasteiger partial charge in [0.2, 0.25) is 0 Å². The molecule has 0 heterocycles. The molecule has 1 unspecified atom stereocenters. The highest BCUT2D eigenvalue weighted by atomic mass is 16.6. The van der Waals surface area contributed by atoms with Gasteiger partial charge < -0.3 is 9.47 Å². The van der Waals surface area contributed by atoms with Crippen molar-refractivity contribution in [2.75, 3.05) is 13.7 Å². The molecular weight excluding hydrogens is 180 g/mol. The number of hydrogen-bond acceptors (Lipinski definition) is 3. The molecule has 0 amide bonds. The smallest absolute Gasteiger partial charge is 0.332 e. The van der Waals surface area contributed by atoms with Gasteiger partial charge in [0.1, 0.15) is 12.7 Å². The minimum atomic E-state index is -0.298. The number of carbonyl (C=O) groups is 1. The molecule has 0 aliphatic carbocycles. The van der Waals surface area contributed by atoms with Gasteiger partial charge in [0.25, 0.3) is 0 Å². The van der Waals surface area contributed by atoms with Crippen LogP contribution in [-0.4, -0.2) is 25.8 Å². The summed E-state index contributed by atoms with van der Waals surface area (Å²) in [6, 6.07) is 0. The Labute approximate surface area is 89.8 Å². The zero-order chi connectivity index (χ0) is 8.85. The Morgan fingerprint density at radius 3 is 1.86 bits per heavy atom. The van der Waals surface area contributed by atoms with E-state index in [2.05, 4.69) is 4.74 Å². The number of hydrogen-bond donors (Lipinski definition) is 0. The predicted molar refractivity (Wildman–Crippen MR) is 62.5 cm³/mol. The molecule has 3 nitrogen and oxygen atoms in total. The van der Waals surface area contributed by atoms with Crippen molar-refractivity contribution in [1.82, 2.24) is 0 Å². The van der Waals surface area contributed by atoms with Gasteiger partial charge in [0, 0.05) is 7.11 Å². The van der Waals surface area contributed by atoms with E-state index in [0.29, 0.717) is 5.92 Å². The molecule has 0 rings (SSSR count). The normalized spacial score (nSPS) is 10.4. The Bertz CT molecular complexity index is 122. The van der Waals surface area contributed by atoms with E-state index in [1.807, 2.05) is 20.8 Å². The Balaban J connectivity index is -0.000000167. The summed E-state index contributed by atoms with van der Waals surface area (Å²) in [6.07, 6.45) is -0.0300. The van der Waals surface area contributed by atoms with Crippen LogP contribution in [0.15, 0.2) is 0 Å². The van der Waals surface area contributed by atoms with Crippen LogP contribution in [-0.2, 0) is 14.3 Å². The highest BCUT2D eigenvalue weighted by Crippen LogP contribution is 2.04. The lowest BCUT2D eigenvalue weighted by Crippen LogP contribution is -2.22. The zero-order valence-corrected chi connectivity index (χ0v) is 7.59. The Kier molecular flexibility index (Phi) is 20.7. The number of carbonyl (C=O) groups excluding carboxylic acids is 1.